The van der Waals surface area contributed by atoms with E-state index in [4.69, 9.17) is 4.74 Å². The van der Waals surface area contributed by atoms with Gasteiger partial charge in [-0.2, -0.15) is 0 Å². The average molecular weight is 756 g/mol. The maximum Gasteiger partial charge on any atom is 0.341 e. The highest BCUT2D eigenvalue weighted by Crippen LogP contribution is 2.25. The summed E-state index contributed by atoms with van der Waals surface area (Å²) in [7, 11) is 3.38. The van der Waals surface area contributed by atoms with Crippen LogP contribution in [-0.2, 0) is 41.6 Å². The predicted molar refractivity (Wildman–Crippen MR) is 198 cm³/mol. The third-order valence-corrected chi connectivity index (χ3v) is 8.78. The van der Waals surface area contributed by atoms with Gasteiger partial charge in [0.2, 0.25) is 5.91 Å². The Hall–Kier alpha value is -6.84. The third-order valence-electron chi connectivity index (χ3n) is 8.78. The number of anilines is 1. The van der Waals surface area contributed by atoms with E-state index in [0.717, 1.165) is 38.3 Å². The number of aromatic hydroxyl groups is 1. The number of fused-ring (bicyclic) bond motifs is 3. The van der Waals surface area contributed by atoms with Crippen LogP contribution in [0.25, 0.3) is 21.7 Å². The van der Waals surface area contributed by atoms with Crippen LogP contribution in [0.2, 0.25) is 0 Å². The number of carbonyl (C=O) groups excluding carboxylic acids is 5. The highest BCUT2D eigenvalue weighted by atomic mass is 19.1. The molecule has 0 aliphatic carbocycles. The minimum Gasteiger partial charge on any atom is -0.507 e. The maximum atomic E-state index is 15.4. The Balaban J connectivity index is 1.30. The highest BCUT2D eigenvalue weighted by Gasteiger charge is 2.29. The van der Waals surface area contributed by atoms with E-state index in [1.54, 1.807) is 13.0 Å². The number of halogens is 1. The number of benzene rings is 4. The monoisotopic (exact) mass is 755 g/mol. The number of H-pyrrole nitrogens is 1. The summed E-state index contributed by atoms with van der Waals surface area (Å²) in [4.78, 5) is 83.5. The number of nitrogens with zero attached hydrogens (tertiary/aromatic N) is 1. The Kier molecular flexibility index (Phi) is 12.4. The van der Waals surface area contributed by atoms with Gasteiger partial charge in [0.1, 0.15) is 35.0 Å². The molecule has 5 rings (SSSR count). The molecule has 0 bridgehead atoms. The van der Waals surface area contributed by atoms with E-state index < -0.39 is 53.2 Å². The van der Waals surface area contributed by atoms with Gasteiger partial charge >= 0.3 is 17.9 Å². The number of hydrogen-bond donors (Lipinski definition) is 5. The number of phenolic OH excluding ortho intramolecular Hbond substituents is 1. The first-order chi connectivity index (χ1) is 26.3. The van der Waals surface area contributed by atoms with Crippen LogP contribution in [0.3, 0.4) is 0 Å². The summed E-state index contributed by atoms with van der Waals surface area (Å²) in [6.45, 7) is 1.95. The number of esters is 3. The van der Waals surface area contributed by atoms with Gasteiger partial charge in [0.15, 0.2) is 0 Å². The molecule has 15 nitrogen and oxygen atoms in total. The first-order valence-corrected chi connectivity index (χ1v) is 16.9. The molecule has 5 N–H and O–H groups in total. The van der Waals surface area contributed by atoms with E-state index in [2.05, 4.69) is 35.4 Å². The molecule has 0 aliphatic rings. The second-order valence-corrected chi connectivity index (χ2v) is 12.5. The van der Waals surface area contributed by atoms with Crippen molar-refractivity contribution in [1.82, 2.24) is 20.6 Å². The van der Waals surface area contributed by atoms with Crippen molar-refractivity contribution in [3.8, 4) is 5.75 Å². The van der Waals surface area contributed by atoms with E-state index in [0.29, 0.717) is 33.4 Å². The van der Waals surface area contributed by atoms with Crippen LogP contribution in [-0.4, -0.2) is 78.2 Å². The van der Waals surface area contributed by atoms with Gasteiger partial charge in [-0.15, -0.1) is 0 Å². The first-order valence-electron chi connectivity index (χ1n) is 16.9. The van der Waals surface area contributed by atoms with Crippen molar-refractivity contribution in [1.29, 1.82) is 0 Å². The molecule has 4 aromatic carbocycles. The van der Waals surface area contributed by atoms with Crippen LogP contribution in [0.1, 0.15) is 50.5 Å². The minimum atomic E-state index is -1.43. The van der Waals surface area contributed by atoms with Gasteiger partial charge in [-0.25, -0.2) is 19.0 Å². The fraction of sp³-hybridized carbons (Fsp3) is 0.256. The van der Waals surface area contributed by atoms with Crippen LogP contribution in [0.15, 0.2) is 71.5 Å². The van der Waals surface area contributed by atoms with Crippen LogP contribution in [0, 0.1) is 12.7 Å². The summed E-state index contributed by atoms with van der Waals surface area (Å²) in [5.74, 6) is -5.02. The average Bonchev–Trinajstić information content (AvgIpc) is 3.17. The van der Waals surface area contributed by atoms with Crippen molar-refractivity contribution >= 4 is 57.1 Å². The van der Waals surface area contributed by atoms with Gasteiger partial charge < -0.3 is 40.3 Å². The lowest BCUT2D eigenvalue weighted by Gasteiger charge is -2.22. The molecule has 0 radical (unpaired) electrons. The minimum absolute atomic E-state index is 0.172. The molecule has 286 valence electrons. The number of rotatable bonds is 14. The van der Waals surface area contributed by atoms with Gasteiger partial charge in [0, 0.05) is 25.1 Å². The number of aromatic amines is 1. The second kappa shape index (κ2) is 17.3. The highest BCUT2D eigenvalue weighted by molar-refractivity contribution is 6.06. The molecule has 0 saturated heterocycles. The quantitative estimate of drug-likeness (QED) is 0.0625. The maximum absolute atomic E-state index is 15.4. The van der Waals surface area contributed by atoms with Gasteiger partial charge in [-0.05, 0) is 77.7 Å². The summed E-state index contributed by atoms with van der Waals surface area (Å²) >= 11 is 0. The molecule has 5 aromatic rings. The van der Waals surface area contributed by atoms with Crippen molar-refractivity contribution in [2.24, 2.45) is 0 Å². The largest absolute Gasteiger partial charge is 0.507 e. The fourth-order valence-electron chi connectivity index (χ4n) is 5.94. The molecule has 55 heavy (non-hydrogen) atoms. The Morgan fingerprint density at radius 2 is 1.60 bits per heavy atom. The lowest BCUT2D eigenvalue weighted by atomic mass is 10.0. The van der Waals surface area contributed by atoms with Gasteiger partial charge in [-0.1, -0.05) is 24.3 Å². The molecular weight excluding hydrogens is 717 g/mol. The standard InChI is InChI=1S/C39H38FN5O10/c1-20-42-29-11-8-23-7-5-22(16-26(23)34(29)37(50)43-20)19-41-24-9-10-25(28(40)18-24)35(48)44-30(12-14-33(47)53-2)36(49)45-31(39(52)55-4)17-21-6-13-32(46)27(15-21)38(51)54-3/h5-11,13,15-16,18,30-31,41,46H,12,14,17,19H2,1-4H3,(H,44,48)(H,45,49)(H,42,43,50)/t30-,31-/m0/s1. The number of amides is 2. The molecule has 0 saturated carbocycles. The van der Waals surface area contributed by atoms with Gasteiger partial charge in [0.25, 0.3) is 11.5 Å². The van der Waals surface area contributed by atoms with Crippen LogP contribution in [0.4, 0.5) is 10.1 Å². The number of nitrogens with one attached hydrogen (secondary N) is 4. The van der Waals surface area contributed by atoms with Crippen LogP contribution < -0.4 is 21.5 Å². The molecule has 16 heteroatoms. The third kappa shape index (κ3) is 9.40. The first kappa shape index (κ1) is 39.4. The van der Waals surface area contributed by atoms with Crippen molar-refractivity contribution in [2.75, 3.05) is 26.6 Å². The van der Waals surface area contributed by atoms with E-state index in [1.807, 2.05) is 24.3 Å². The summed E-state index contributed by atoms with van der Waals surface area (Å²) in [5.41, 5.74) is 1.21. The molecule has 0 fully saturated rings. The number of ether oxygens (including phenoxy) is 3. The smallest absolute Gasteiger partial charge is 0.341 e. The summed E-state index contributed by atoms with van der Waals surface area (Å²) in [6.07, 6.45) is -0.777. The number of carbonyl (C=O) groups is 5. The number of phenols is 1. The molecule has 1 aromatic heterocycles. The zero-order valence-electron chi connectivity index (χ0n) is 30.3. The molecule has 2 atom stereocenters. The lowest BCUT2D eigenvalue weighted by molar-refractivity contribution is -0.145. The zero-order chi connectivity index (χ0) is 39.8. The van der Waals surface area contributed by atoms with Crippen LogP contribution in [0.5, 0.6) is 5.75 Å². The van der Waals surface area contributed by atoms with Gasteiger partial charge in [-0.3, -0.25) is 19.2 Å². The number of hydrogen-bond acceptors (Lipinski definition) is 12. The Morgan fingerprint density at radius 3 is 2.31 bits per heavy atom. The van der Waals surface area contributed by atoms with E-state index >= 15 is 4.39 Å². The molecule has 2 amide bonds. The Morgan fingerprint density at radius 1 is 0.855 bits per heavy atom. The summed E-state index contributed by atoms with van der Waals surface area (Å²) in [6, 6.07) is 14.2. The van der Waals surface area contributed by atoms with E-state index in [1.165, 1.54) is 30.3 Å². The lowest BCUT2D eigenvalue weighted by Crippen LogP contribution is -2.52. The molecule has 0 unspecified atom stereocenters. The molecule has 0 aliphatic heterocycles. The fourth-order valence-corrected chi connectivity index (χ4v) is 5.94. The number of aromatic nitrogens is 2. The molecule has 0 spiro atoms. The number of methoxy groups -OCH3 is 3. The van der Waals surface area contributed by atoms with Crippen LogP contribution >= 0.6 is 0 Å². The molecular formula is C39H38FN5O10. The Bertz CT molecular complexity index is 2360. The summed E-state index contributed by atoms with van der Waals surface area (Å²) in [5, 5.41) is 20.1. The second-order valence-electron chi connectivity index (χ2n) is 12.5. The zero-order valence-corrected chi connectivity index (χ0v) is 30.3. The summed E-state index contributed by atoms with van der Waals surface area (Å²) < 4.78 is 29.6. The molecule has 1 heterocycles. The number of aryl methyl sites for hydroxylation is 1. The van der Waals surface area contributed by atoms with E-state index in [-0.39, 0.29) is 42.7 Å². The van der Waals surface area contributed by atoms with Crippen molar-refractivity contribution < 1.29 is 47.7 Å². The van der Waals surface area contributed by atoms with Crippen molar-refractivity contribution in [3.63, 3.8) is 0 Å². The van der Waals surface area contributed by atoms with Gasteiger partial charge in [0.05, 0.1) is 37.8 Å². The Labute approximate surface area is 313 Å². The SMILES string of the molecule is COC(=O)CC[C@H](NC(=O)c1ccc(NCc2ccc3ccc4nc(C)[nH]c(=O)c4c3c2)cc1F)C(=O)N[C@@H](Cc1ccc(O)c(C(=O)OC)c1)C(=O)OC. The predicted octanol–water partition coefficient (Wildman–Crippen LogP) is 3.58. The topological polar surface area (TPSA) is 215 Å². The van der Waals surface area contributed by atoms with Crippen molar-refractivity contribution in [3.05, 3.63) is 111 Å². The van der Waals surface area contributed by atoms with E-state index in [9.17, 15) is 33.9 Å². The van der Waals surface area contributed by atoms with Crippen molar-refractivity contribution in [2.45, 2.75) is 44.8 Å². The normalized spacial score (nSPS) is 12.0.